The first kappa shape index (κ1) is 8.74. The number of hydrogen-bond donors (Lipinski definition) is 1. The first-order valence-corrected chi connectivity index (χ1v) is 3.79. The fraction of sp³-hybridized carbons (Fsp3) is 0.222. The Hall–Kier alpha value is -1.35. The maximum Gasteiger partial charge on any atom is 0.312 e. The van der Waals surface area contributed by atoms with Crippen LogP contribution in [0.5, 0.6) is 0 Å². The van der Waals surface area contributed by atoms with Crippen molar-refractivity contribution in [2.24, 2.45) is 0 Å². The van der Waals surface area contributed by atoms with Crippen LogP contribution in [0.3, 0.4) is 0 Å². The van der Waals surface area contributed by atoms with Crippen LogP contribution in [0.15, 0.2) is 30.3 Å². The predicted molar refractivity (Wildman–Crippen MR) is 45.3 cm³/mol. The summed E-state index contributed by atoms with van der Waals surface area (Å²) in [7, 11) is 0. The minimum absolute atomic E-state index is 0.380. The molecule has 12 heavy (non-hydrogen) atoms. The molecule has 0 amide bonds. The molecule has 0 unspecified atom stereocenters. The Kier molecular flexibility index (Phi) is 3.88. The summed E-state index contributed by atoms with van der Waals surface area (Å²) in [6, 6.07) is 10.00. The molecule has 0 aliphatic carbocycles. The van der Waals surface area contributed by atoms with Crippen LogP contribution in [0.25, 0.3) is 0 Å². The lowest BCUT2D eigenvalue weighted by Crippen LogP contribution is -2.16. The highest BCUT2D eigenvalue weighted by Gasteiger charge is 1.89. The molecule has 0 spiro atoms. The van der Waals surface area contributed by atoms with Crippen molar-refractivity contribution >= 4 is 6.47 Å². The van der Waals surface area contributed by atoms with E-state index in [0.29, 0.717) is 13.0 Å². The monoisotopic (exact) mass is 165 g/mol. The quantitative estimate of drug-likeness (QED) is 0.400. The van der Waals surface area contributed by atoms with Crippen LogP contribution in [0, 0.1) is 0 Å². The first-order valence-electron chi connectivity index (χ1n) is 3.79. The number of carbonyl (C=O) groups excluding carboxylic acids is 1. The molecule has 0 radical (unpaired) electrons. The molecule has 3 heteroatoms. The number of nitrogens with one attached hydrogen (secondary N) is 1. The van der Waals surface area contributed by atoms with Crippen molar-refractivity contribution < 1.29 is 9.63 Å². The molecular formula is C9H11NO2. The third-order valence-corrected chi connectivity index (χ3v) is 1.49. The summed E-state index contributed by atoms with van der Waals surface area (Å²) in [5.74, 6) is 0. The number of rotatable bonds is 5. The molecule has 1 N–H and O–H groups in total. The summed E-state index contributed by atoms with van der Waals surface area (Å²) in [4.78, 5) is 14.1. The Labute approximate surface area is 71.3 Å². The molecule has 0 atom stereocenters. The minimum atomic E-state index is 0.380. The fourth-order valence-electron chi connectivity index (χ4n) is 0.933. The van der Waals surface area contributed by atoms with Crippen molar-refractivity contribution in [1.29, 1.82) is 0 Å². The van der Waals surface area contributed by atoms with Crippen molar-refractivity contribution in [1.82, 2.24) is 5.48 Å². The van der Waals surface area contributed by atoms with Crippen molar-refractivity contribution in [3.05, 3.63) is 35.9 Å². The Bertz CT molecular complexity index is 223. The van der Waals surface area contributed by atoms with Gasteiger partial charge in [-0.05, 0) is 12.0 Å². The van der Waals surface area contributed by atoms with E-state index in [0.717, 1.165) is 6.42 Å². The van der Waals surface area contributed by atoms with Crippen LogP contribution < -0.4 is 5.48 Å². The van der Waals surface area contributed by atoms with Crippen molar-refractivity contribution in [3.63, 3.8) is 0 Å². The van der Waals surface area contributed by atoms with Gasteiger partial charge in [0.15, 0.2) is 0 Å². The van der Waals surface area contributed by atoms with Crippen LogP contribution in [-0.4, -0.2) is 13.0 Å². The third-order valence-electron chi connectivity index (χ3n) is 1.49. The van der Waals surface area contributed by atoms with E-state index in [9.17, 15) is 4.79 Å². The predicted octanol–water partition coefficient (Wildman–Crippen LogP) is 0.907. The van der Waals surface area contributed by atoms with E-state index in [1.807, 2.05) is 30.3 Å². The molecular weight excluding hydrogens is 154 g/mol. The van der Waals surface area contributed by atoms with Crippen molar-refractivity contribution in [3.8, 4) is 0 Å². The summed E-state index contributed by atoms with van der Waals surface area (Å²) in [6.07, 6.45) is 0.856. The fourth-order valence-corrected chi connectivity index (χ4v) is 0.933. The van der Waals surface area contributed by atoms with Crippen LogP contribution in [0.4, 0.5) is 0 Å². The van der Waals surface area contributed by atoms with Gasteiger partial charge < -0.3 is 4.84 Å². The molecule has 1 rings (SSSR count). The average Bonchev–Trinajstić information content (AvgIpc) is 2.14. The van der Waals surface area contributed by atoms with Gasteiger partial charge >= 0.3 is 6.47 Å². The molecule has 1 aromatic rings. The highest BCUT2D eigenvalue weighted by atomic mass is 16.7. The molecule has 0 aliphatic heterocycles. The van der Waals surface area contributed by atoms with Crippen molar-refractivity contribution in [2.45, 2.75) is 6.42 Å². The molecule has 0 saturated heterocycles. The van der Waals surface area contributed by atoms with Gasteiger partial charge in [-0.25, -0.2) is 0 Å². The third kappa shape index (κ3) is 3.16. The Balaban J connectivity index is 2.20. The summed E-state index contributed by atoms with van der Waals surface area (Å²) < 4.78 is 0. The Morgan fingerprint density at radius 2 is 2.08 bits per heavy atom. The van der Waals surface area contributed by atoms with Gasteiger partial charge in [0.25, 0.3) is 0 Å². The lowest BCUT2D eigenvalue weighted by Gasteiger charge is -2.00. The minimum Gasteiger partial charge on any atom is -0.374 e. The lowest BCUT2D eigenvalue weighted by molar-refractivity contribution is -0.135. The molecule has 0 aliphatic rings. The lowest BCUT2D eigenvalue weighted by atomic mass is 10.2. The summed E-state index contributed by atoms with van der Waals surface area (Å²) in [6.45, 7) is 1.02. The maximum absolute atomic E-state index is 9.73. The largest absolute Gasteiger partial charge is 0.374 e. The molecule has 0 fully saturated rings. The number of hydroxylamine groups is 1. The second-order valence-corrected chi connectivity index (χ2v) is 2.34. The van der Waals surface area contributed by atoms with Gasteiger partial charge in [0.1, 0.15) is 0 Å². The highest BCUT2D eigenvalue weighted by molar-refractivity contribution is 5.36. The van der Waals surface area contributed by atoms with E-state index in [1.54, 1.807) is 0 Å². The second kappa shape index (κ2) is 5.32. The molecule has 3 nitrogen and oxygen atoms in total. The summed E-state index contributed by atoms with van der Waals surface area (Å²) in [5, 5.41) is 0. The Morgan fingerprint density at radius 1 is 1.33 bits per heavy atom. The number of hydrogen-bond acceptors (Lipinski definition) is 3. The van der Waals surface area contributed by atoms with E-state index in [1.165, 1.54) is 5.56 Å². The van der Waals surface area contributed by atoms with Gasteiger partial charge in [0, 0.05) is 6.54 Å². The van der Waals surface area contributed by atoms with E-state index in [2.05, 4.69) is 10.3 Å². The van der Waals surface area contributed by atoms with Crippen LogP contribution in [-0.2, 0) is 16.1 Å². The van der Waals surface area contributed by atoms with Crippen LogP contribution in [0.2, 0.25) is 0 Å². The normalized spacial score (nSPS) is 9.33. The molecule has 0 saturated carbocycles. The zero-order valence-corrected chi connectivity index (χ0v) is 6.69. The first-order chi connectivity index (χ1) is 5.93. The molecule has 64 valence electrons. The van der Waals surface area contributed by atoms with E-state index >= 15 is 0 Å². The molecule has 0 bridgehead atoms. The van der Waals surface area contributed by atoms with Crippen LogP contribution in [0.1, 0.15) is 5.56 Å². The van der Waals surface area contributed by atoms with Gasteiger partial charge in [-0.15, -0.1) is 0 Å². The van der Waals surface area contributed by atoms with Crippen LogP contribution >= 0.6 is 0 Å². The maximum atomic E-state index is 9.73. The van der Waals surface area contributed by atoms with Gasteiger partial charge in [0.2, 0.25) is 0 Å². The second-order valence-electron chi connectivity index (χ2n) is 2.34. The molecule has 1 aromatic carbocycles. The van der Waals surface area contributed by atoms with E-state index in [4.69, 9.17) is 0 Å². The van der Waals surface area contributed by atoms with Gasteiger partial charge in [-0.1, -0.05) is 30.3 Å². The van der Waals surface area contributed by atoms with Gasteiger partial charge in [-0.2, -0.15) is 5.48 Å². The summed E-state index contributed by atoms with van der Waals surface area (Å²) in [5.41, 5.74) is 3.74. The van der Waals surface area contributed by atoms with E-state index < -0.39 is 0 Å². The average molecular weight is 165 g/mol. The number of carbonyl (C=O) groups is 1. The zero-order valence-electron chi connectivity index (χ0n) is 6.69. The Morgan fingerprint density at radius 3 is 2.75 bits per heavy atom. The molecule has 0 aromatic heterocycles. The smallest absolute Gasteiger partial charge is 0.312 e. The highest BCUT2D eigenvalue weighted by Crippen LogP contribution is 1.97. The summed E-state index contributed by atoms with van der Waals surface area (Å²) >= 11 is 0. The van der Waals surface area contributed by atoms with E-state index in [-0.39, 0.29) is 0 Å². The standard InChI is InChI=1S/C9H11NO2/c11-8-12-10-7-6-9-4-2-1-3-5-9/h1-5,8,10H,6-7H2. The number of benzene rings is 1. The van der Waals surface area contributed by atoms with Gasteiger partial charge in [0.05, 0.1) is 0 Å². The topological polar surface area (TPSA) is 38.3 Å². The zero-order chi connectivity index (χ0) is 8.65. The molecule has 0 heterocycles. The SMILES string of the molecule is O=CONCCc1ccccc1. The van der Waals surface area contributed by atoms with Crippen molar-refractivity contribution in [2.75, 3.05) is 6.54 Å². The van der Waals surface area contributed by atoms with Gasteiger partial charge in [-0.3, -0.25) is 4.79 Å².